The van der Waals surface area contributed by atoms with Gasteiger partial charge in [-0.2, -0.15) is 0 Å². The highest BCUT2D eigenvalue weighted by molar-refractivity contribution is 6.46. The van der Waals surface area contributed by atoms with E-state index in [1.54, 1.807) is 26.1 Å². The summed E-state index contributed by atoms with van der Waals surface area (Å²) in [5, 5.41) is 2.82. The van der Waals surface area contributed by atoms with Gasteiger partial charge in [-0.15, -0.1) is 0 Å². The van der Waals surface area contributed by atoms with Gasteiger partial charge in [0.05, 0.1) is 12.6 Å². The molecular weight excluding hydrogens is 531 g/mol. The summed E-state index contributed by atoms with van der Waals surface area (Å²) in [6.07, 6.45) is 5.64. The first-order valence-corrected chi connectivity index (χ1v) is 15.0. The molecule has 2 amide bonds. The predicted octanol–water partition coefficient (Wildman–Crippen LogP) is 5.07. The fraction of sp³-hybridized carbons (Fsp3) is 0.515. The second-order valence-electron chi connectivity index (χ2n) is 13.1. The van der Waals surface area contributed by atoms with Crippen molar-refractivity contribution in [2.75, 3.05) is 13.6 Å². The molecular formula is C33H43FN6O2. The van der Waals surface area contributed by atoms with Gasteiger partial charge >= 0.3 is 0 Å². The molecule has 1 atom stereocenters. The highest BCUT2D eigenvalue weighted by Crippen LogP contribution is 2.54. The molecule has 4 N–H and O–H groups in total. The number of nitrogens with one attached hydrogen (secondary N) is 2. The van der Waals surface area contributed by atoms with Crippen molar-refractivity contribution in [1.82, 2.24) is 15.6 Å². The van der Waals surface area contributed by atoms with Crippen LogP contribution in [0.3, 0.4) is 0 Å². The quantitative estimate of drug-likeness (QED) is 0.186. The van der Waals surface area contributed by atoms with Crippen LogP contribution in [0, 0.1) is 30.0 Å². The molecule has 42 heavy (non-hydrogen) atoms. The maximum Gasteiger partial charge on any atom is 0.275 e. The van der Waals surface area contributed by atoms with Crippen molar-refractivity contribution in [3.05, 3.63) is 70.5 Å². The third-order valence-electron chi connectivity index (χ3n) is 9.35. The maximum absolute atomic E-state index is 14.4. The fourth-order valence-electron chi connectivity index (χ4n) is 6.61. The molecule has 224 valence electrons. The number of nitrogens with zero attached hydrogens (tertiary/aromatic N) is 3. The van der Waals surface area contributed by atoms with Gasteiger partial charge in [-0.25, -0.2) is 10.2 Å². The number of hydrogen-bond acceptors (Lipinski definition) is 5. The van der Waals surface area contributed by atoms with Crippen LogP contribution in [-0.4, -0.2) is 47.5 Å². The van der Waals surface area contributed by atoms with E-state index in [1.807, 2.05) is 24.3 Å². The van der Waals surface area contributed by atoms with E-state index >= 15 is 0 Å². The van der Waals surface area contributed by atoms with E-state index in [4.69, 9.17) is 10.8 Å². The van der Waals surface area contributed by atoms with E-state index < -0.39 is 5.66 Å². The smallest absolute Gasteiger partial charge is 0.275 e. The van der Waals surface area contributed by atoms with E-state index in [0.717, 1.165) is 44.1 Å². The minimum absolute atomic E-state index is 0.0883. The number of carbonyl (C=O) groups is 2. The molecule has 2 saturated carbocycles. The number of nitrogens with two attached hydrogens (primary N) is 1. The van der Waals surface area contributed by atoms with Gasteiger partial charge < -0.3 is 15.6 Å². The van der Waals surface area contributed by atoms with E-state index in [1.165, 1.54) is 6.07 Å². The van der Waals surface area contributed by atoms with Crippen LogP contribution >= 0.6 is 0 Å². The number of hydrazine groups is 1. The Balaban J connectivity index is 1.47. The van der Waals surface area contributed by atoms with Gasteiger partial charge in [-0.3, -0.25) is 19.6 Å². The molecule has 2 aromatic rings. The Morgan fingerprint density at radius 1 is 1.14 bits per heavy atom. The zero-order valence-corrected chi connectivity index (χ0v) is 25.3. The number of amides is 2. The minimum atomic E-state index is -0.634. The van der Waals surface area contributed by atoms with E-state index in [0.29, 0.717) is 40.1 Å². The Labute approximate surface area is 248 Å². The summed E-state index contributed by atoms with van der Waals surface area (Å²) in [4.78, 5) is 38.4. The molecule has 8 nitrogen and oxygen atoms in total. The molecule has 1 unspecified atom stereocenters. The van der Waals surface area contributed by atoms with Crippen LogP contribution in [-0.2, 0) is 4.79 Å². The van der Waals surface area contributed by atoms with Crippen LogP contribution in [0.2, 0.25) is 0 Å². The zero-order chi connectivity index (χ0) is 30.2. The fourth-order valence-corrected chi connectivity index (χ4v) is 6.61. The number of aryl methyl sites for hydroxylation is 1. The van der Waals surface area contributed by atoms with Crippen LogP contribution in [0.5, 0.6) is 0 Å². The normalized spacial score (nSPS) is 23.6. The molecule has 2 aliphatic carbocycles. The summed E-state index contributed by atoms with van der Waals surface area (Å²) in [5.41, 5.74) is 5.14. The monoisotopic (exact) mass is 574 g/mol. The summed E-state index contributed by atoms with van der Waals surface area (Å²) in [7, 11) is 1.60. The zero-order valence-electron chi connectivity index (χ0n) is 25.3. The maximum atomic E-state index is 14.4. The number of halogens is 1. The van der Waals surface area contributed by atoms with Crippen molar-refractivity contribution in [1.29, 1.82) is 0 Å². The Morgan fingerprint density at radius 3 is 2.36 bits per heavy atom. The van der Waals surface area contributed by atoms with Crippen molar-refractivity contribution >= 4 is 23.4 Å². The molecule has 2 aromatic carbocycles. The first-order chi connectivity index (χ1) is 20.0. The summed E-state index contributed by atoms with van der Waals surface area (Å²) >= 11 is 0. The third-order valence-corrected chi connectivity index (χ3v) is 9.35. The molecule has 2 fully saturated rings. The molecule has 3 aliphatic rings. The van der Waals surface area contributed by atoms with Crippen molar-refractivity contribution in [2.45, 2.75) is 77.9 Å². The number of carbonyl (C=O) groups excluding carboxylic acids is 2. The number of benzene rings is 2. The van der Waals surface area contributed by atoms with Gasteiger partial charge in [0, 0.05) is 18.2 Å². The lowest BCUT2D eigenvalue weighted by atomic mass is 9.69. The van der Waals surface area contributed by atoms with Crippen molar-refractivity contribution in [3.8, 4) is 0 Å². The van der Waals surface area contributed by atoms with Crippen molar-refractivity contribution in [2.24, 2.45) is 33.1 Å². The molecule has 1 aliphatic heterocycles. The van der Waals surface area contributed by atoms with Crippen LogP contribution < -0.4 is 16.6 Å². The molecule has 0 saturated heterocycles. The van der Waals surface area contributed by atoms with Gasteiger partial charge in [-0.1, -0.05) is 32.9 Å². The molecule has 9 heteroatoms. The summed E-state index contributed by atoms with van der Waals surface area (Å²) in [6.45, 7) is 8.78. The van der Waals surface area contributed by atoms with Crippen LogP contribution in [0.1, 0.15) is 92.4 Å². The van der Waals surface area contributed by atoms with Gasteiger partial charge in [0.2, 0.25) is 0 Å². The molecule has 1 heterocycles. The number of hydrogen-bond donors (Lipinski definition) is 3. The SMILES string of the molecule is CN=C(CNC(=O)c1ccc(C(C2CC2)N2C(=O)C(c3ccc(F)c(C)c3)=NC23CCC(C(C)(C)C)CC3)cc1)NN. The highest BCUT2D eigenvalue weighted by atomic mass is 19.1. The van der Waals surface area contributed by atoms with Gasteiger partial charge in [0.25, 0.3) is 11.8 Å². The van der Waals surface area contributed by atoms with Crippen LogP contribution in [0.25, 0.3) is 0 Å². The lowest BCUT2D eigenvalue weighted by molar-refractivity contribution is -0.134. The Kier molecular flexibility index (Phi) is 8.25. The first kappa shape index (κ1) is 29.9. The average Bonchev–Trinajstić information content (AvgIpc) is 3.77. The first-order valence-electron chi connectivity index (χ1n) is 15.0. The second kappa shape index (κ2) is 11.6. The highest BCUT2D eigenvalue weighted by Gasteiger charge is 2.55. The van der Waals surface area contributed by atoms with Gasteiger partial charge in [0.1, 0.15) is 23.0 Å². The Hall–Kier alpha value is -3.59. The minimum Gasteiger partial charge on any atom is -0.345 e. The number of aliphatic imine (C=N–C) groups is 2. The molecule has 0 bridgehead atoms. The van der Waals surface area contributed by atoms with Gasteiger partial charge in [-0.05, 0) is 104 Å². The number of amidine groups is 1. The van der Waals surface area contributed by atoms with Crippen LogP contribution in [0.15, 0.2) is 52.4 Å². The topological polar surface area (TPSA) is 112 Å². The van der Waals surface area contributed by atoms with Gasteiger partial charge in [0.15, 0.2) is 0 Å². The average molecular weight is 575 g/mol. The summed E-state index contributed by atoms with van der Waals surface area (Å²) in [5.74, 6) is 6.17. The second-order valence-corrected chi connectivity index (χ2v) is 13.1. The van der Waals surface area contributed by atoms with Crippen LogP contribution in [0.4, 0.5) is 4.39 Å². The third kappa shape index (κ3) is 5.84. The van der Waals surface area contributed by atoms with E-state index in [2.05, 4.69) is 41.4 Å². The lowest BCUT2D eigenvalue weighted by Gasteiger charge is -2.47. The Bertz CT molecular complexity index is 1400. The predicted molar refractivity (Wildman–Crippen MR) is 164 cm³/mol. The summed E-state index contributed by atoms with van der Waals surface area (Å²) in [6, 6.07) is 12.2. The molecule has 0 aromatic heterocycles. The van der Waals surface area contributed by atoms with E-state index in [9.17, 15) is 14.0 Å². The van der Waals surface area contributed by atoms with E-state index in [-0.39, 0.29) is 35.6 Å². The molecule has 5 rings (SSSR count). The lowest BCUT2D eigenvalue weighted by Crippen LogP contribution is -2.52. The molecule has 0 radical (unpaired) electrons. The van der Waals surface area contributed by atoms with Crippen molar-refractivity contribution in [3.63, 3.8) is 0 Å². The number of rotatable bonds is 7. The molecule has 1 spiro atoms. The standard InChI is InChI=1S/C33H43FN6O2/c1-20-18-24(12-13-26(20)34)28-31(42)40(33(38-28)16-14-25(15-17-33)32(2,3)4)29(21-6-7-21)22-8-10-23(11-9-22)30(41)37-19-27(36-5)39-35/h8-13,18,21,25,29H,6-7,14-17,19,35H2,1-5H3,(H,36,39)(H,37,41). The van der Waals surface area contributed by atoms with Crippen molar-refractivity contribution < 1.29 is 14.0 Å². The Morgan fingerprint density at radius 2 is 1.81 bits per heavy atom. The summed E-state index contributed by atoms with van der Waals surface area (Å²) < 4.78 is 14.2. The largest absolute Gasteiger partial charge is 0.345 e.